The summed E-state index contributed by atoms with van der Waals surface area (Å²) in [5, 5.41) is 0. The lowest BCUT2D eigenvalue weighted by atomic mass is 10.3. The zero-order chi connectivity index (χ0) is 11.8. The van der Waals surface area contributed by atoms with Crippen LogP contribution in [-0.4, -0.2) is 12.6 Å². The number of carbonyl (C=O) groups is 1. The predicted molar refractivity (Wildman–Crippen MR) is 66.1 cm³/mol. The molecule has 0 aromatic heterocycles. The standard InChI is InChI=1S/C8H14O2.C6H4/c1-3-5-6-7-8(9)10-4-2;1-2-5-4-6(5)3-1/h3,5H,4,6-7H2,1-2H3;1-4H. The molecule has 0 atom stereocenters. The first-order chi connectivity index (χ1) is 7.77. The van der Waals surface area contributed by atoms with Crippen LogP contribution >= 0.6 is 0 Å². The largest absolute Gasteiger partial charge is 0.466 e. The number of rotatable bonds is 4. The molecule has 0 saturated heterocycles. The van der Waals surface area contributed by atoms with Crippen molar-refractivity contribution in [2.24, 2.45) is 0 Å². The SMILES string of the molecule is CC=CCCC(=O)OCC.c1cc2cc-2c1. The van der Waals surface area contributed by atoms with Crippen molar-refractivity contribution in [2.75, 3.05) is 6.61 Å². The van der Waals surface area contributed by atoms with E-state index in [0.717, 1.165) is 6.42 Å². The molecule has 2 nitrogen and oxygen atoms in total. The zero-order valence-corrected chi connectivity index (χ0v) is 9.90. The van der Waals surface area contributed by atoms with Gasteiger partial charge in [-0.15, -0.1) is 0 Å². The van der Waals surface area contributed by atoms with Crippen molar-refractivity contribution in [1.82, 2.24) is 0 Å². The van der Waals surface area contributed by atoms with Gasteiger partial charge < -0.3 is 4.74 Å². The van der Waals surface area contributed by atoms with Crippen LogP contribution in [0.5, 0.6) is 0 Å². The average Bonchev–Trinajstić information content (AvgIpc) is 2.88. The summed E-state index contributed by atoms with van der Waals surface area (Å²) < 4.78 is 4.72. The van der Waals surface area contributed by atoms with Gasteiger partial charge in [0.05, 0.1) is 6.61 Å². The number of esters is 1. The molecule has 0 radical (unpaired) electrons. The molecule has 0 aromatic carbocycles. The Labute approximate surface area is 96.9 Å². The summed E-state index contributed by atoms with van der Waals surface area (Å²) in [6.45, 7) is 4.23. The molecule has 2 rings (SSSR count). The molecule has 86 valence electrons. The number of hydrogen-bond donors (Lipinski definition) is 0. The third-order valence-electron chi connectivity index (χ3n) is 2.17. The highest BCUT2D eigenvalue weighted by molar-refractivity contribution is 5.80. The maximum absolute atomic E-state index is 10.7. The lowest BCUT2D eigenvalue weighted by Crippen LogP contribution is -2.02. The quantitative estimate of drug-likeness (QED) is 0.579. The highest BCUT2D eigenvalue weighted by atomic mass is 16.5. The second-order valence-corrected chi connectivity index (χ2v) is 3.49. The molecule has 0 amide bonds. The van der Waals surface area contributed by atoms with E-state index in [0.29, 0.717) is 13.0 Å². The van der Waals surface area contributed by atoms with Gasteiger partial charge >= 0.3 is 5.97 Å². The van der Waals surface area contributed by atoms with Crippen LogP contribution in [0.15, 0.2) is 36.4 Å². The second-order valence-electron chi connectivity index (χ2n) is 3.49. The number of allylic oxidation sites excluding steroid dienone is 2. The molecule has 0 saturated carbocycles. The monoisotopic (exact) mass is 218 g/mol. The second kappa shape index (κ2) is 6.83. The van der Waals surface area contributed by atoms with E-state index in [1.54, 1.807) is 0 Å². The van der Waals surface area contributed by atoms with Crippen LogP contribution in [0, 0.1) is 0 Å². The van der Waals surface area contributed by atoms with Crippen molar-refractivity contribution in [2.45, 2.75) is 26.7 Å². The third-order valence-corrected chi connectivity index (χ3v) is 2.17. The minimum Gasteiger partial charge on any atom is -0.466 e. The molecule has 0 fully saturated rings. The Morgan fingerprint density at radius 2 is 2.06 bits per heavy atom. The summed E-state index contributed by atoms with van der Waals surface area (Å²) in [6, 6.07) is 8.48. The third kappa shape index (κ3) is 4.78. The van der Waals surface area contributed by atoms with Gasteiger partial charge in [-0.25, -0.2) is 0 Å². The van der Waals surface area contributed by atoms with Gasteiger partial charge in [0.25, 0.3) is 0 Å². The maximum atomic E-state index is 10.7. The van der Waals surface area contributed by atoms with Crippen molar-refractivity contribution in [3.8, 4) is 11.1 Å². The van der Waals surface area contributed by atoms with Crippen molar-refractivity contribution in [3.05, 3.63) is 36.4 Å². The summed E-state index contributed by atoms with van der Waals surface area (Å²) >= 11 is 0. The van der Waals surface area contributed by atoms with Crippen LogP contribution in [0.4, 0.5) is 0 Å². The van der Waals surface area contributed by atoms with E-state index in [-0.39, 0.29) is 5.97 Å². The van der Waals surface area contributed by atoms with Gasteiger partial charge in [-0.2, -0.15) is 0 Å². The van der Waals surface area contributed by atoms with E-state index < -0.39 is 0 Å². The topological polar surface area (TPSA) is 26.3 Å². The highest BCUT2D eigenvalue weighted by Gasteiger charge is 2.06. The average molecular weight is 218 g/mol. The van der Waals surface area contributed by atoms with E-state index in [2.05, 4.69) is 24.3 Å². The smallest absolute Gasteiger partial charge is 0.306 e. The van der Waals surface area contributed by atoms with E-state index in [1.165, 1.54) is 11.1 Å². The van der Waals surface area contributed by atoms with Gasteiger partial charge in [0.2, 0.25) is 0 Å². The summed E-state index contributed by atoms with van der Waals surface area (Å²) in [4.78, 5) is 10.7. The molecule has 2 aliphatic carbocycles. The van der Waals surface area contributed by atoms with Crippen molar-refractivity contribution in [1.29, 1.82) is 0 Å². The fraction of sp³-hybridized carbons (Fsp3) is 0.357. The molecule has 16 heavy (non-hydrogen) atoms. The molecule has 0 bridgehead atoms. The fourth-order valence-electron chi connectivity index (χ4n) is 1.28. The minimum atomic E-state index is -0.111. The number of benzene rings is 1. The fourth-order valence-corrected chi connectivity index (χ4v) is 1.28. The Morgan fingerprint density at radius 3 is 2.44 bits per heavy atom. The Bertz CT molecular complexity index is 350. The first-order valence-electron chi connectivity index (χ1n) is 5.65. The summed E-state index contributed by atoms with van der Waals surface area (Å²) in [5.41, 5.74) is 2.85. The molecule has 0 aromatic rings. The number of carbonyl (C=O) groups excluding carboxylic acids is 1. The molecular formula is C14H18O2. The first kappa shape index (κ1) is 12.5. The molecule has 2 heteroatoms. The molecule has 0 aliphatic heterocycles. The van der Waals surface area contributed by atoms with E-state index in [1.807, 2.05) is 26.0 Å². The first-order valence-corrected chi connectivity index (χ1v) is 5.65. The molecule has 0 N–H and O–H groups in total. The van der Waals surface area contributed by atoms with Gasteiger partial charge in [-0.1, -0.05) is 30.4 Å². The lowest BCUT2D eigenvalue weighted by Gasteiger charge is -1.97. The highest BCUT2D eigenvalue weighted by Crippen LogP contribution is 2.32. The van der Waals surface area contributed by atoms with Crippen LogP contribution in [0.2, 0.25) is 0 Å². The summed E-state index contributed by atoms with van der Waals surface area (Å²) in [6.07, 6.45) is 5.17. The van der Waals surface area contributed by atoms with Crippen molar-refractivity contribution >= 4 is 5.97 Å². The van der Waals surface area contributed by atoms with E-state index in [9.17, 15) is 4.79 Å². The Hall–Kier alpha value is -1.57. The minimum absolute atomic E-state index is 0.111. The molecular weight excluding hydrogens is 200 g/mol. The van der Waals surface area contributed by atoms with Gasteiger partial charge in [0, 0.05) is 6.42 Å². The molecule has 0 unspecified atom stereocenters. The van der Waals surface area contributed by atoms with Gasteiger partial charge in [-0.05, 0) is 37.5 Å². The van der Waals surface area contributed by atoms with E-state index in [4.69, 9.17) is 4.74 Å². The van der Waals surface area contributed by atoms with Gasteiger partial charge in [0.15, 0.2) is 0 Å². The van der Waals surface area contributed by atoms with Crippen molar-refractivity contribution < 1.29 is 9.53 Å². The van der Waals surface area contributed by atoms with E-state index >= 15 is 0 Å². The number of ether oxygens (including phenoxy) is 1. The number of hydrogen-bond acceptors (Lipinski definition) is 2. The summed E-state index contributed by atoms with van der Waals surface area (Å²) in [7, 11) is 0. The lowest BCUT2D eigenvalue weighted by molar-refractivity contribution is -0.142. The van der Waals surface area contributed by atoms with Gasteiger partial charge in [0.1, 0.15) is 0 Å². The maximum Gasteiger partial charge on any atom is 0.306 e. The van der Waals surface area contributed by atoms with Crippen LogP contribution in [0.3, 0.4) is 0 Å². The van der Waals surface area contributed by atoms with Crippen LogP contribution in [0.1, 0.15) is 26.7 Å². The number of fused-ring (bicyclic) bond motifs is 1. The van der Waals surface area contributed by atoms with Crippen LogP contribution in [-0.2, 0) is 9.53 Å². The summed E-state index contributed by atoms with van der Waals surface area (Å²) in [5.74, 6) is -0.111. The van der Waals surface area contributed by atoms with Crippen LogP contribution < -0.4 is 0 Å². The normalized spacial score (nSPS) is 10.6. The zero-order valence-electron chi connectivity index (χ0n) is 9.90. The molecule has 0 heterocycles. The molecule has 0 spiro atoms. The Balaban J connectivity index is 0.000000176. The predicted octanol–water partition coefficient (Wildman–Crippen LogP) is 3.57. The molecule has 2 aliphatic rings. The van der Waals surface area contributed by atoms with Gasteiger partial charge in [-0.3, -0.25) is 4.79 Å². The van der Waals surface area contributed by atoms with Crippen molar-refractivity contribution in [3.63, 3.8) is 0 Å². The Morgan fingerprint density at radius 1 is 1.38 bits per heavy atom. The Kier molecular flexibility index (Phi) is 5.34. The van der Waals surface area contributed by atoms with Crippen LogP contribution in [0.25, 0.3) is 11.1 Å².